The molecule has 0 atom stereocenters. The van der Waals surface area contributed by atoms with E-state index < -0.39 is 0 Å². The quantitative estimate of drug-likeness (QED) is 0.107. The van der Waals surface area contributed by atoms with Crippen molar-refractivity contribution in [2.45, 2.75) is 183 Å². The number of nitrogens with zero attached hydrogens (tertiary/aromatic N) is 2. The molecule has 2 amide bonds. The van der Waals surface area contributed by atoms with Gasteiger partial charge in [-0.25, -0.2) is 0 Å². The molecule has 4 nitrogen and oxygen atoms in total. The molecule has 0 unspecified atom stereocenters. The second-order valence-electron chi connectivity index (χ2n) is 15.7. The van der Waals surface area contributed by atoms with E-state index in [1.54, 1.807) is 0 Å². The van der Waals surface area contributed by atoms with E-state index in [1.807, 2.05) is 32.5 Å². The third-order valence-electron chi connectivity index (χ3n) is 10.4. The number of carbonyl (C=O) groups is 2. The van der Waals surface area contributed by atoms with E-state index in [4.69, 9.17) is 0 Å². The standard InChI is InChI=1S/C44H68N2O2S2/c1-9-14-18-22-26-32-30-35(49-34(32)13-5)39-37-38(43(48)45(39)28-24-20-16-11-3)40(46(42(37)47)29-25-21-17-12-4)36-31-33(27-23-19-15-10-2)41(50-36)44(6,7)8/h30-31H,9-29H2,1-8H3. The normalized spacial score (nSPS) is 15.1. The highest BCUT2D eigenvalue weighted by atomic mass is 32.1. The first-order valence-electron chi connectivity index (χ1n) is 20.5. The van der Waals surface area contributed by atoms with Gasteiger partial charge in [-0.15, -0.1) is 22.7 Å². The van der Waals surface area contributed by atoms with Crippen LogP contribution in [0.15, 0.2) is 23.3 Å². The van der Waals surface area contributed by atoms with Crippen LogP contribution in [0.5, 0.6) is 0 Å². The second-order valence-corrected chi connectivity index (χ2v) is 17.9. The lowest BCUT2D eigenvalue weighted by atomic mass is 9.90. The molecule has 2 aliphatic rings. The fourth-order valence-corrected chi connectivity index (χ4v) is 10.2. The fraction of sp³-hybridized carbons (Fsp3) is 0.682. The monoisotopic (exact) mass is 720 g/mol. The van der Waals surface area contributed by atoms with Crippen LogP contribution < -0.4 is 0 Å². The Morgan fingerprint density at radius 3 is 1.40 bits per heavy atom. The van der Waals surface area contributed by atoms with Crippen LogP contribution in [0.2, 0.25) is 0 Å². The van der Waals surface area contributed by atoms with Crippen LogP contribution in [0.3, 0.4) is 0 Å². The molecule has 0 bridgehead atoms. The van der Waals surface area contributed by atoms with Crippen molar-refractivity contribution >= 4 is 45.9 Å². The first kappa shape index (κ1) is 40.6. The molecular formula is C44H68N2O2S2. The molecule has 0 aromatic carbocycles. The zero-order chi connectivity index (χ0) is 36.3. The summed E-state index contributed by atoms with van der Waals surface area (Å²) in [7, 11) is 0. The highest BCUT2D eigenvalue weighted by Gasteiger charge is 2.49. The summed E-state index contributed by atoms with van der Waals surface area (Å²) in [5.74, 6) is 0.0779. The number of carbonyl (C=O) groups excluding carboxylic acids is 2. The van der Waals surface area contributed by atoms with E-state index in [9.17, 15) is 9.59 Å². The third kappa shape index (κ3) is 9.62. The van der Waals surface area contributed by atoms with E-state index >= 15 is 0 Å². The SMILES string of the molecule is CCCCCCc1cc(C2=C3C(=O)N(CCCCCC)C(c4cc(CCCCCC)c(C(C)(C)C)s4)=C3C(=O)N2CCCCCC)sc1CC. The summed E-state index contributed by atoms with van der Waals surface area (Å²) in [5.41, 5.74) is 5.94. The number of fused-ring (bicyclic) bond motifs is 1. The maximum absolute atomic E-state index is 14.9. The van der Waals surface area contributed by atoms with E-state index in [-0.39, 0.29) is 17.2 Å². The average Bonchev–Trinajstić information content (AvgIpc) is 3.84. The van der Waals surface area contributed by atoms with Gasteiger partial charge in [0, 0.05) is 22.8 Å². The van der Waals surface area contributed by atoms with Gasteiger partial charge in [-0.1, -0.05) is 132 Å². The van der Waals surface area contributed by atoms with Gasteiger partial charge >= 0.3 is 0 Å². The van der Waals surface area contributed by atoms with Gasteiger partial charge in [0.2, 0.25) is 0 Å². The van der Waals surface area contributed by atoms with Crippen molar-refractivity contribution in [1.29, 1.82) is 0 Å². The molecule has 0 saturated carbocycles. The predicted molar refractivity (Wildman–Crippen MR) is 218 cm³/mol. The van der Waals surface area contributed by atoms with Crippen LogP contribution in [0.1, 0.15) is 189 Å². The van der Waals surface area contributed by atoms with Crippen LogP contribution in [-0.2, 0) is 34.3 Å². The van der Waals surface area contributed by atoms with Gasteiger partial charge < -0.3 is 9.80 Å². The van der Waals surface area contributed by atoms with E-state index in [1.165, 1.54) is 78.7 Å². The molecule has 2 aromatic rings. The Kier molecular flexibility index (Phi) is 15.9. The molecule has 0 saturated heterocycles. The fourth-order valence-electron chi connectivity index (χ4n) is 7.67. The summed E-state index contributed by atoms with van der Waals surface area (Å²) in [5, 5.41) is 0. The summed E-state index contributed by atoms with van der Waals surface area (Å²) in [6.45, 7) is 19.5. The molecule has 4 heterocycles. The molecule has 0 spiro atoms. The van der Waals surface area contributed by atoms with E-state index in [0.717, 1.165) is 85.4 Å². The largest absolute Gasteiger partial charge is 0.306 e. The topological polar surface area (TPSA) is 40.6 Å². The maximum atomic E-state index is 14.9. The summed E-state index contributed by atoms with van der Waals surface area (Å²) in [4.78, 5) is 38.8. The molecule has 0 N–H and O–H groups in total. The second kappa shape index (κ2) is 19.6. The number of hydrogen-bond donors (Lipinski definition) is 0. The van der Waals surface area contributed by atoms with Crippen LogP contribution in [-0.4, -0.2) is 34.7 Å². The number of hydrogen-bond acceptors (Lipinski definition) is 4. The lowest BCUT2D eigenvalue weighted by Crippen LogP contribution is -2.30. The summed E-state index contributed by atoms with van der Waals surface area (Å²) >= 11 is 3.66. The van der Waals surface area contributed by atoms with Gasteiger partial charge in [0.1, 0.15) is 0 Å². The van der Waals surface area contributed by atoms with Gasteiger partial charge in [0.25, 0.3) is 11.8 Å². The van der Waals surface area contributed by atoms with Gasteiger partial charge in [-0.05, 0) is 73.6 Å². The lowest BCUT2D eigenvalue weighted by molar-refractivity contribution is -0.124. The molecule has 0 radical (unpaired) electrons. The molecule has 6 heteroatoms. The van der Waals surface area contributed by atoms with Crippen molar-refractivity contribution in [1.82, 2.24) is 9.80 Å². The van der Waals surface area contributed by atoms with E-state index in [0.29, 0.717) is 24.2 Å². The minimum atomic E-state index is -0.00131. The van der Waals surface area contributed by atoms with Crippen molar-refractivity contribution in [2.75, 3.05) is 13.1 Å². The van der Waals surface area contributed by atoms with Crippen molar-refractivity contribution in [3.05, 3.63) is 53.9 Å². The van der Waals surface area contributed by atoms with Crippen molar-refractivity contribution in [3.8, 4) is 0 Å². The number of thiophene rings is 2. The van der Waals surface area contributed by atoms with Crippen LogP contribution >= 0.6 is 22.7 Å². The molecular weight excluding hydrogens is 653 g/mol. The van der Waals surface area contributed by atoms with Crippen LogP contribution in [0, 0.1) is 0 Å². The Morgan fingerprint density at radius 2 is 0.960 bits per heavy atom. The molecule has 278 valence electrons. The summed E-state index contributed by atoms with van der Waals surface area (Å²) in [6.07, 6.45) is 21.7. The molecule has 0 aliphatic carbocycles. The van der Waals surface area contributed by atoms with Gasteiger partial charge in [0.15, 0.2) is 0 Å². The molecule has 4 rings (SSSR count). The van der Waals surface area contributed by atoms with E-state index in [2.05, 4.69) is 67.5 Å². The van der Waals surface area contributed by atoms with Gasteiger partial charge in [0.05, 0.1) is 32.3 Å². The number of unbranched alkanes of at least 4 members (excludes halogenated alkanes) is 12. The third-order valence-corrected chi connectivity index (χ3v) is 13.4. The predicted octanol–water partition coefficient (Wildman–Crippen LogP) is 12.9. The molecule has 2 aliphatic heterocycles. The van der Waals surface area contributed by atoms with Crippen molar-refractivity contribution in [3.63, 3.8) is 0 Å². The van der Waals surface area contributed by atoms with Gasteiger partial charge in [-0.2, -0.15) is 0 Å². The van der Waals surface area contributed by atoms with Crippen LogP contribution in [0.4, 0.5) is 0 Å². The Labute approximate surface area is 313 Å². The van der Waals surface area contributed by atoms with Crippen molar-refractivity contribution in [2.24, 2.45) is 0 Å². The Balaban J connectivity index is 1.88. The zero-order valence-electron chi connectivity index (χ0n) is 33.0. The highest BCUT2D eigenvalue weighted by Crippen LogP contribution is 2.50. The van der Waals surface area contributed by atoms with Crippen molar-refractivity contribution < 1.29 is 9.59 Å². The zero-order valence-corrected chi connectivity index (χ0v) is 34.7. The smallest absolute Gasteiger partial charge is 0.261 e. The number of aryl methyl sites for hydroxylation is 3. The Hall–Kier alpha value is -2.18. The Morgan fingerprint density at radius 1 is 0.540 bits per heavy atom. The lowest BCUT2D eigenvalue weighted by Gasteiger charge is -2.24. The minimum Gasteiger partial charge on any atom is -0.306 e. The summed E-state index contributed by atoms with van der Waals surface area (Å²) in [6, 6.07) is 4.71. The first-order chi connectivity index (χ1) is 24.1. The van der Waals surface area contributed by atoms with Crippen LogP contribution in [0.25, 0.3) is 11.4 Å². The summed E-state index contributed by atoms with van der Waals surface area (Å²) < 4.78 is 0. The molecule has 2 aromatic heterocycles. The average molecular weight is 721 g/mol. The van der Waals surface area contributed by atoms with Gasteiger partial charge in [-0.3, -0.25) is 9.59 Å². The minimum absolute atomic E-state index is 0.00131. The Bertz CT molecular complexity index is 1480. The molecule has 0 fully saturated rings. The number of rotatable bonds is 23. The molecule has 50 heavy (non-hydrogen) atoms. The number of amides is 2. The maximum Gasteiger partial charge on any atom is 0.261 e. The highest BCUT2D eigenvalue weighted by molar-refractivity contribution is 7.14. The first-order valence-corrected chi connectivity index (χ1v) is 22.1.